The van der Waals surface area contributed by atoms with E-state index in [2.05, 4.69) is 313 Å². The molecule has 88 heavy (non-hydrogen) atoms. The number of fused-ring (bicyclic) bond motifs is 20. The molecule has 0 fully saturated rings. The van der Waals surface area contributed by atoms with Crippen molar-refractivity contribution < 1.29 is 4.42 Å². The lowest BCUT2D eigenvalue weighted by Crippen LogP contribution is -2.49. The maximum Gasteiger partial charge on any atom is 0.135 e. The van der Waals surface area contributed by atoms with E-state index in [4.69, 9.17) is 4.42 Å². The van der Waals surface area contributed by atoms with Crippen LogP contribution in [-0.4, -0.2) is 29.8 Å². The summed E-state index contributed by atoms with van der Waals surface area (Å²) in [5.74, 6) is 0. The third kappa shape index (κ3) is 7.30. The Kier molecular flexibility index (Phi) is 11.0. The second kappa shape index (κ2) is 19.0. The predicted octanol–water partition coefficient (Wildman–Crippen LogP) is 19.5. The number of nitrogens with zero attached hydrogens (tertiary/aromatic N) is 3. The SMILES string of the molecule is C[Si]1(C)c2ccccc2-c2ccc3c4ccccc4n(-c4ccc(-c5ccc6c(c5)c5ccccc5n6-c5ccccc5)cc4)c3c21.C[Si]1(C)c2ccccc2-c2ccc3c4ccccc4n(-c4ccc(-c5ccc6oc7ccccc7c6c5)cc4)c3c21. The van der Waals surface area contributed by atoms with Crippen LogP contribution in [-0.2, 0) is 0 Å². The Morgan fingerprint density at radius 1 is 0.250 bits per heavy atom. The molecule has 19 rings (SSSR count). The zero-order valence-corrected chi connectivity index (χ0v) is 51.4. The van der Waals surface area contributed by atoms with Crippen molar-refractivity contribution in [1.82, 2.24) is 13.7 Å². The summed E-state index contributed by atoms with van der Waals surface area (Å²) in [5.41, 5.74) is 23.7. The Labute approximate surface area is 512 Å². The van der Waals surface area contributed by atoms with E-state index in [-0.39, 0.29) is 0 Å². The summed E-state index contributed by atoms with van der Waals surface area (Å²) in [6.45, 7) is 10.1. The van der Waals surface area contributed by atoms with Crippen LogP contribution in [0.4, 0.5) is 0 Å². The van der Waals surface area contributed by atoms with E-state index < -0.39 is 16.1 Å². The first-order chi connectivity index (χ1) is 43.2. The molecule has 0 saturated carbocycles. The summed E-state index contributed by atoms with van der Waals surface area (Å²) in [7, 11) is -3.84. The van der Waals surface area contributed by atoms with Crippen molar-refractivity contribution in [2.24, 2.45) is 0 Å². The fourth-order valence-electron chi connectivity index (χ4n) is 15.7. The molecule has 2 aliphatic heterocycles. The standard InChI is InChI=1S/C44H32N2Si.C38H27NOSi/c1-47(2)42-19-11-8-16-35(42)37-26-25-36-33-14-6-10-18-40(33)46(43(36)44(37)47)32-23-20-29(21-24-32)30-22-27-41-38(28-30)34-15-7-9-17-39(34)45(41)31-12-4-3-5-13-31;1-41(2)36-14-8-5-11-29(36)31-21-20-30-27-9-3-6-12-33(27)39(37(30)38(31)41)26-18-15-24(16-19-26)25-17-22-35-32(23-25)28-10-4-7-13-34(28)40-35/h3-28H,1-2H3;3-23H,1-2H3. The van der Waals surface area contributed by atoms with Gasteiger partial charge in [0.1, 0.15) is 27.3 Å². The van der Waals surface area contributed by atoms with Gasteiger partial charge in [0.25, 0.3) is 0 Å². The first-order valence-electron chi connectivity index (χ1n) is 30.7. The van der Waals surface area contributed by atoms with Crippen molar-refractivity contribution in [2.45, 2.75) is 26.2 Å². The van der Waals surface area contributed by atoms with Crippen LogP contribution in [0.1, 0.15) is 0 Å². The lowest BCUT2D eigenvalue weighted by molar-refractivity contribution is 0.669. The fraction of sp³-hybridized carbons (Fsp3) is 0.0488. The molecular formula is C82H59N3OSi2. The van der Waals surface area contributed by atoms with Crippen LogP contribution in [0.3, 0.4) is 0 Å². The van der Waals surface area contributed by atoms with Crippen LogP contribution in [0, 0.1) is 0 Å². The molecule has 0 saturated heterocycles. The van der Waals surface area contributed by atoms with Crippen molar-refractivity contribution in [3.63, 3.8) is 0 Å². The lowest BCUT2D eigenvalue weighted by atomic mass is 10.0. The third-order valence-electron chi connectivity index (χ3n) is 19.7. The summed E-state index contributed by atoms with van der Waals surface area (Å²) >= 11 is 0. The second-order valence-electron chi connectivity index (χ2n) is 25.1. The van der Waals surface area contributed by atoms with Gasteiger partial charge in [-0.1, -0.05) is 226 Å². The monoisotopic (exact) mass is 1160 g/mol. The summed E-state index contributed by atoms with van der Waals surface area (Å²) in [6.07, 6.45) is 0. The Morgan fingerprint density at radius 2 is 0.636 bits per heavy atom. The first kappa shape index (κ1) is 50.8. The van der Waals surface area contributed by atoms with Gasteiger partial charge < -0.3 is 18.1 Å². The minimum Gasteiger partial charge on any atom is -0.456 e. The molecule has 0 radical (unpaired) electrons. The zero-order valence-electron chi connectivity index (χ0n) is 49.4. The highest BCUT2D eigenvalue weighted by atomic mass is 28.3. The molecule has 4 aromatic heterocycles. The van der Waals surface area contributed by atoms with Gasteiger partial charge in [-0.3, -0.25) is 0 Å². The van der Waals surface area contributed by atoms with E-state index in [1.807, 2.05) is 12.1 Å². The van der Waals surface area contributed by atoms with E-state index in [1.165, 1.54) is 132 Å². The quantitative estimate of drug-likeness (QED) is 0.158. The average Bonchev–Trinajstić information content (AvgIpc) is 1.57. The Balaban J connectivity index is 0.000000133. The number of hydrogen-bond acceptors (Lipinski definition) is 1. The number of aromatic nitrogens is 3. The van der Waals surface area contributed by atoms with Gasteiger partial charge in [0.05, 0.1) is 33.1 Å². The van der Waals surface area contributed by atoms with Crippen molar-refractivity contribution in [3.05, 3.63) is 285 Å². The molecule has 0 amide bonds. The van der Waals surface area contributed by atoms with Crippen molar-refractivity contribution in [2.75, 3.05) is 0 Å². The maximum absolute atomic E-state index is 6.07. The van der Waals surface area contributed by atoms with Crippen LogP contribution in [0.2, 0.25) is 26.2 Å². The van der Waals surface area contributed by atoms with E-state index >= 15 is 0 Å². The summed E-state index contributed by atoms with van der Waals surface area (Å²) in [6, 6.07) is 105. The maximum atomic E-state index is 6.07. The number of benzene rings is 13. The summed E-state index contributed by atoms with van der Waals surface area (Å²) in [5, 5.41) is 16.4. The molecule has 4 nitrogen and oxygen atoms in total. The van der Waals surface area contributed by atoms with E-state index in [0.29, 0.717) is 0 Å². The minimum absolute atomic E-state index is 0.929. The van der Waals surface area contributed by atoms with Gasteiger partial charge in [-0.25, -0.2) is 0 Å². The van der Waals surface area contributed by atoms with Gasteiger partial charge in [-0.05, 0) is 150 Å². The van der Waals surface area contributed by atoms with Gasteiger partial charge >= 0.3 is 0 Å². The molecule has 0 unspecified atom stereocenters. The van der Waals surface area contributed by atoms with Crippen LogP contribution in [0.25, 0.3) is 149 Å². The Bertz CT molecular complexity index is 5740. The number of rotatable bonds is 5. The molecule has 6 heteroatoms. The number of hydrogen-bond donors (Lipinski definition) is 0. The summed E-state index contributed by atoms with van der Waals surface area (Å²) < 4.78 is 13.5. The average molecular weight is 1160 g/mol. The third-order valence-corrected chi connectivity index (χ3v) is 26.8. The van der Waals surface area contributed by atoms with Gasteiger partial charge in [-0.2, -0.15) is 0 Å². The molecule has 0 atom stereocenters. The number of furan rings is 1. The van der Waals surface area contributed by atoms with Gasteiger partial charge in [-0.15, -0.1) is 0 Å². The highest BCUT2D eigenvalue weighted by Gasteiger charge is 2.41. The van der Waals surface area contributed by atoms with Crippen LogP contribution in [0.5, 0.6) is 0 Å². The predicted molar refractivity (Wildman–Crippen MR) is 378 cm³/mol. The molecule has 17 aromatic rings. The van der Waals surface area contributed by atoms with Crippen molar-refractivity contribution in [1.29, 1.82) is 0 Å². The summed E-state index contributed by atoms with van der Waals surface area (Å²) in [4.78, 5) is 0. The lowest BCUT2D eigenvalue weighted by Gasteiger charge is -2.21. The highest BCUT2D eigenvalue weighted by molar-refractivity contribution is 7.05. The normalized spacial score (nSPS) is 13.6. The largest absolute Gasteiger partial charge is 0.456 e. The van der Waals surface area contributed by atoms with Crippen molar-refractivity contribution in [3.8, 4) is 61.6 Å². The van der Waals surface area contributed by atoms with Gasteiger partial charge in [0.2, 0.25) is 0 Å². The molecule has 0 N–H and O–H groups in total. The van der Waals surface area contributed by atoms with Crippen LogP contribution >= 0.6 is 0 Å². The molecular weight excluding hydrogens is 1100 g/mol. The topological polar surface area (TPSA) is 27.9 Å². The molecule has 0 bridgehead atoms. The smallest absolute Gasteiger partial charge is 0.135 e. The number of para-hydroxylation sites is 5. The Morgan fingerprint density at radius 3 is 1.18 bits per heavy atom. The van der Waals surface area contributed by atoms with Crippen molar-refractivity contribution >= 4 is 124 Å². The Hall–Kier alpha value is -10.5. The van der Waals surface area contributed by atoms with E-state index in [0.717, 1.165) is 21.9 Å². The molecule has 2 aliphatic rings. The second-order valence-corrected chi connectivity index (χ2v) is 33.7. The zero-order chi connectivity index (χ0) is 58.6. The fourth-order valence-corrected chi connectivity index (χ4v) is 22.5. The molecule has 0 spiro atoms. The molecule has 13 aromatic carbocycles. The van der Waals surface area contributed by atoms with E-state index in [1.54, 1.807) is 15.6 Å². The molecule has 6 heterocycles. The molecule has 0 aliphatic carbocycles. The van der Waals surface area contributed by atoms with Crippen LogP contribution < -0.4 is 20.7 Å². The van der Waals surface area contributed by atoms with Crippen LogP contribution in [0.15, 0.2) is 290 Å². The highest BCUT2D eigenvalue weighted by Crippen LogP contribution is 2.42. The molecule has 416 valence electrons. The van der Waals surface area contributed by atoms with Gasteiger partial charge in [0, 0.05) is 60.2 Å². The van der Waals surface area contributed by atoms with E-state index in [9.17, 15) is 0 Å². The minimum atomic E-state index is -1.93. The first-order valence-corrected chi connectivity index (χ1v) is 36.7. The van der Waals surface area contributed by atoms with Gasteiger partial charge in [0.15, 0.2) is 0 Å².